The summed E-state index contributed by atoms with van der Waals surface area (Å²) in [6.45, 7) is 4.03. The number of anilines is 1. The number of fused-ring (bicyclic) bond motifs is 2. The first-order chi connectivity index (χ1) is 12.0. The monoisotopic (exact) mass is 339 g/mol. The van der Waals surface area contributed by atoms with Gasteiger partial charge in [-0.3, -0.25) is 0 Å². The van der Waals surface area contributed by atoms with E-state index in [2.05, 4.69) is 46.1 Å². The first-order valence-corrected chi connectivity index (χ1v) is 8.96. The number of aromatic nitrogens is 2. The van der Waals surface area contributed by atoms with E-state index in [1.54, 1.807) is 7.11 Å². The molecule has 4 rings (SSSR count). The quantitative estimate of drug-likeness (QED) is 0.931. The van der Waals surface area contributed by atoms with Crippen molar-refractivity contribution in [3.8, 4) is 5.88 Å². The predicted molar refractivity (Wildman–Crippen MR) is 96.9 cm³/mol. The van der Waals surface area contributed by atoms with Crippen LogP contribution < -0.4 is 9.64 Å². The zero-order chi connectivity index (χ0) is 17.6. The molecule has 2 unspecified atom stereocenters. The lowest BCUT2D eigenvalue weighted by Crippen LogP contribution is -2.50. The van der Waals surface area contributed by atoms with E-state index in [4.69, 9.17) is 4.74 Å². The van der Waals surface area contributed by atoms with E-state index in [1.807, 2.05) is 13.0 Å². The third-order valence-corrected chi connectivity index (χ3v) is 5.61. The minimum Gasteiger partial charge on any atom is -0.481 e. The fraction of sp³-hybridized carbons (Fsp3) is 0.500. The van der Waals surface area contributed by atoms with E-state index in [0.29, 0.717) is 18.7 Å². The largest absolute Gasteiger partial charge is 0.481 e. The normalized spacial score (nSPS) is 28.2. The molecule has 1 N–H and O–H groups in total. The third-order valence-electron chi connectivity index (χ3n) is 5.61. The van der Waals surface area contributed by atoms with Gasteiger partial charge in [0.25, 0.3) is 0 Å². The molecular weight excluding hydrogens is 314 g/mol. The Morgan fingerprint density at radius 3 is 2.32 bits per heavy atom. The molecule has 0 radical (unpaired) electrons. The van der Waals surface area contributed by atoms with Crippen molar-refractivity contribution in [3.05, 3.63) is 47.2 Å². The van der Waals surface area contributed by atoms with Crippen LogP contribution in [0, 0.1) is 13.8 Å². The van der Waals surface area contributed by atoms with Gasteiger partial charge in [0.2, 0.25) is 11.8 Å². The lowest BCUT2D eigenvalue weighted by molar-refractivity contribution is -0.00339. The Morgan fingerprint density at radius 2 is 1.72 bits per heavy atom. The molecule has 132 valence electrons. The van der Waals surface area contributed by atoms with Gasteiger partial charge in [-0.15, -0.1) is 0 Å². The SMILES string of the molecule is COc1cc(C)nc(N2C3CCC2CC(O)(c2ccc(C)cc2)C3)n1. The smallest absolute Gasteiger partial charge is 0.229 e. The van der Waals surface area contributed by atoms with Crippen LogP contribution in [0.25, 0.3) is 0 Å². The van der Waals surface area contributed by atoms with Gasteiger partial charge in [-0.05, 0) is 32.3 Å². The Morgan fingerprint density at radius 1 is 1.08 bits per heavy atom. The average molecular weight is 339 g/mol. The molecule has 2 aliphatic heterocycles. The number of aliphatic hydroxyl groups is 1. The van der Waals surface area contributed by atoms with Crippen molar-refractivity contribution in [2.45, 2.75) is 57.2 Å². The van der Waals surface area contributed by atoms with Crippen LogP contribution in [0.5, 0.6) is 5.88 Å². The van der Waals surface area contributed by atoms with Crippen LogP contribution in [-0.2, 0) is 5.60 Å². The van der Waals surface area contributed by atoms with Gasteiger partial charge in [0.1, 0.15) is 0 Å². The molecule has 2 fully saturated rings. The Hall–Kier alpha value is -2.14. The Balaban J connectivity index is 1.64. The van der Waals surface area contributed by atoms with Gasteiger partial charge < -0.3 is 14.7 Å². The van der Waals surface area contributed by atoms with E-state index in [1.165, 1.54) is 5.56 Å². The van der Waals surface area contributed by atoms with Crippen molar-refractivity contribution < 1.29 is 9.84 Å². The molecule has 1 aromatic carbocycles. The number of aryl methyl sites for hydroxylation is 2. The van der Waals surface area contributed by atoms with Crippen LogP contribution >= 0.6 is 0 Å². The van der Waals surface area contributed by atoms with Gasteiger partial charge in [-0.2, -0.15) is 4.98 Å². The second kappa shape index (κ2) is 5.99. The van der Waals surface area contributed by atoms with Gasteiger partial charge in [-0.1, -0.05) is 29.8 Å². The topological polar surface area (TPSA) is 58.5 Å². The van der Waals surface area contributed by atoms with E-state index in [0.717, 1.165) is 30.0 Å². The molecule has 2 bridgehead atoms. The van der Waals surface area contributed by atoms with Crippen LogP contribution in [-0.4, -0.2) is 34.3 Å². The number of piperidine rings is 1. The highest BCUT2D eigenvalue weighted by Gasteiger charge is 2.49. The van der Waals surface area contributed by atoms with Crippen LogP contribution in [0.15, 0.2) is 30.3 Å². The second-order valence-electron chi connectivity index (χ2n) is 7.45. The molecule has 2 saturated heterocycles. The molecule has 2 aliphatic rings. The Bertz CT molecular complexity index is 761. The van der Waals surface area contributed by atoms with Crippen LogP contribution in [0.3, 0.4) is 0 Å². The first-order valence-electron chi connectivity index (χ1n) is 8.96. The summed E-state index contributed by atoms with van der Waals surface area (Å²) in [6.07, 6.45) is 3.56. The molecule has 2 atom stereocenters. The highest BCUT2D eigenvalue weighted by atomic mass is 16.5. The van der Waals surface area contributed by atoms with Gasteiger partial charge in [0.15, 0.2) is 0 Å². The molecule has 3 heterocycles. The van der Waals surface area contributed by atoms with E-state index in [-0.39, 0.29) is 12.1 Å². The van der Waals surface area contributed by atoms with Gasteiger partial charge >= 0.3 is 0 Å². The number of rotatable bonds is 3. The van der Waals surface area contributed by atoms with Gasteiger partial charge in [-0.25, -0.2) is 4.98 Å². The molecule has 5 nitrogen and oxygen atoms in total. The zero-order valence-corrected chi connectivity index (χ0v) is 15.1. The van der Waals surface area contributed by atoms with Crippen LogP contribution in [0.1, 0.15) is 42.5 Å². The molecule has 2 aromatic rings. The molecule has 1 aromatic heterocycles. The number of methoxy groups -OCH3 is 1. The molecule has 5 heteroatoms. The predicted octanol–water partition coefficient (Wildman–Crippen LogP) is 3.12. The van der Waals surface area contributed by atoms with Crippen LogP contribution in [0.2, 0.25) is 0 Å². The standard InChI is InChI=1S/C20H25N3O2/c1-13-4-6-15(7-5-13)20(24)11-16-8-9-17(12-20)23(16)19-21-14(2)10-18(22-19)25-3/h4-7,10,16-17,24H,8-9,11-12H2,1-3H3. The van der Waals surface area contributed by atoms with Crippen LogP contribution in [0.4, 0.5) is 5.95 Å². The molecular formula is C20H25N3O2. The van der Waals surface area contributed by atoms with E-state index >= 15 is 0 Å². The summed E-state index contributed by atoms with van der Waals surface area (Å²) in [5, 5.41) is 11.3. The van der Waals surface area contributed by atoms with Crippen molar-refractivity contribution >= 4 is 5.95 Å². The maximum atomic E-state index is 11.3. The highest BCUT2D eigenvalue weighted by Crippen LogP contribution is 2.46. The van der Waals surface area contributed by atoms with E-state index in [9.17, 15) is 5.11 Å². The average Bonchev–Trinajstić information content (AvgIpc) is 2.87. The minimum atomic E-state index is -0.760. The first kappa shape index (κ1) is 16.3. The summed E-state index contributed by atoms with van der Waals surface area (Å²) in [5.41, 5.74) is 2.38. The van der Waals surface area contributed by atoms with Crippen molar-refractivity contribution in [2.24, 2.45) is 0 Å². The van der Waals surface area contributed by atoms with Gasteiger partial charge in [0, 0.05) is 36.7 Å². The summed E-state index contributed by atoms with van der Waals surface area (Å²) >= 11 is 0. The molecule has 0 amide bonds. The maximum Gasteiger partial charge on any atom is 0.229 e. The summed E-state index contributed by atoms with van der Waals surface area (Å²) in [4.78, 5) is 11.5. The zero-order valence-electron chi connectivity index (χ0n) is 15.1. The highest BCUT2D eigenvalue weighted by molar-refractivity contribution is 5.42. The summed E-state index contributed by atoms with van der Waals surface area (Å²) in [5.74, 6) is 1.33. The van der Waals surface area contributed by atoms with Crippen molar-refractivity contribution in [1.29, 1.82) is 0 Å². The van der Waals surface area contributed by atoms with Gasteiger partial charge in [0.05, 0.1) is 12.7 Å². The van der Waals surface area contributed by atoms with E-state index < -0.39 is 5.60 Å². The van der Waals surface area contributed by atoms with Crippen molar-refractivity contribution in [2.75, 3.05) is 12.0 Å². The molecule has 0 spiro atoms. The molecule has 0 saturated carbocycles. The van der Waals surface area contributed by atoms with Crippen molar-refractivity contribution in [1.82, 2.24) is 9.97 Å². The van der Waals surface area contributed by atoms with Crippen molar-refractivity contribution in [3.63, 3.8) is 0 Å². The number of benzene rings is 1. The summed E-state index contributed by atoms with van der Waals surface area (Å²) in [7, 11) is 1.63. The second-order valence-corrected chi connectivity index (χ2v) is 7.45. The number of hydrogen-bond acceptors (Lipinski definition) is 5. The Kier molecular flexibility index (Phi) is 3.91. The number of ether oxygens (including phenoxy) is 1. The third kappa shape index (κ3) is 2.86. The Labute approximate surface area is 148 Å². The fourth-order valence-electron chi connectivity index (χ4n) is 4.40. The lowest BCUT2D eigenvalue weighted by Gasteiger charge is -2.44. The maximum absolute atomic E-state index is 11.3. The number of nitrogens with zero attached hydrogens (tertiary/aromatic N) is 3. The summed E-state index contributed by atoms with van der Waals surface area (Å²) in [6, 6.07) is 10.7. The lowest BCUT2D eigenvalue weighted by atomic mass is 9.80. The molecule has 25 heavy (non-hydrogen) atoms. The number of hydrogen-bond donors (Lipinski definition) is 1. The fourth-order valence-corrected chi connectivity index (χ4v) is 4.40. The minimum absolute atomic E-state index is 0.261. The molecule has 0 aliphatic carbocycles. The summed E-state index contributed by atoms with van der Waals surface area (Å²) < 4.78 is 5.31.